The van der Waals surface area contributed by atoms with E-state index in [-0.39, 0.29) is 18.2 Å². The molecule has 0 bridgehead atoms. The lowest BCUT2D eigenvalue weighted by atomic mass is 10.1. The van der Waals surface area contributed by atoms with Crippen LogP contribution in [0.1, 0.15) is 43.6 Å². The van der Waals surface area contributed by atoms with E-state index in [0.717, 1.165) is 0 Å². The zero-order valence-electron chi connectivity index (χ0n) is 18.3. The second-order valence-corrected chi connectivity index (χ2v) is 6.39. The number of ether oxygens (including phenoxy) is 4. The predicted octanol–water partition coefficient (Wildman–Crippen LogP) is 4.69. The number of halogens is 1. The van der Waals surface area contributed by atoms with Gasteiger partial charge in [-0.2, -0.15) is 0 Å². The number of nitrogens with zero attached hydrogens (tertiary/aromatic N) is 1. The van der Waals surface area contributed by atoms with Crippen LogP contribution in [0.5, 0.6) is 23.0 Å². The summed E-state index contributed by atoms with van der Waals surface area (Å²) in [4.78, 5) is 14.9. The molecule has 2 aromatic rings. The van der Waals surface area contributed by atoms with Gasteiger partial charge in [-0.3, -0.25) is 4.79 Å². The third-order valence-corrected chi connectivity index (χ3v) is 4.41. The molecule has 0 aromatic heterocycles. The van der Waals surface area contributed by atoms with Crippen molar-refractivity contribution in [2.45, 2.75) is 34.2 Å². The minimum absolute atomic E-state index is 0.169. The van der Waals surface area contributed by atoms with E-state index >= 15 is 0 Å². The predicted molar refractivity (Wildman–Crippen MR) is 113 cm³/mol. The van der Waals surface area contributed by atoms with Gasteiger partial charge >= 0.3 is 0 Å². The van der Waals surface area contributed by atoms with Crippen LogP contribution in [0, 0.1) is 5.82 Å². The van der Waals surface area contributed by atoms with E-state index in [1.54, 1.807) is 29.2 Å². The standard InChI is InChI=1S/C23H30FNO5/c1-6-25(15-16-10-11-19(27-5)18(24)12-16)23(26)17-13-20(28-7-2)22(30-9-4)21(14-17)29-8-3/h10-14H,6-9,15H2,1-5H3. The first-order valence-corrected chi connectivity index (χ1v) is 10.2. The van der Waals surface area contributed by atoms with Crippen LogP contribution in [0.2, 0.25) is 0 Å². The highest BCUT2D eigenvalue weighted by Gasteiger charge is 2.22. The molecule has 0 aliphatic heterocycles. The Morgan fingerprint density at radius 1 is 0.900 bits per heavy atom. The van der Waals surface area contributed by atoms with Gasteiger partial charge in [0.25, 0.3) is 5.91 Å². The molecule has 0 spiro atoms. The van der Waals surface area contributed by atoms with Gasteiger partial charge in [0.2, 0.25) is 5.75 Å². The monoisotopic (exact) mass is 419 g/mol. The van der Waals surface area contributed by atoms with E-state index in [1.807, 2.05) is 27.7 Å². The fourth-order valence-electron chi connectivity index (χ4n) is 3.05. The average molecular weight is 419 g/mol. The van der Waals surface area contributed by atoms with Crippen molar-refractivity contribution in [3.63, 3.8) is 0 Å². The third kappa shape index (κ3) is 5.55. The van der Waals surface area contributed by atoms with Gasteiger partial charge < -0.3 is 23.8 Å². The van der Waals surface area contributed by atoms with Crippen LogP contribution in [-0.2, 0) is 6.54 Å². The Bertz CT molecular complexity index is 828. The van der Waals surface area contributed by atoms with Crippen LogP contribution in [0.4, 0.5) is 4.39 Å². The summed E-state index contributed by atoms with van der Waals surface area (Å²) in [5.74, 6) is 0.899. The zero-order valence-corrected chi connectivity index (χ0v) is 18.3. The summed E-state index contributed by atoms with van der Waals surface area (Å²) in [5.41, 5.74) is 1.09. The SMILES string of the molecule is CCOc1cc(C(=O)N(CC)Cc2ccc(OC)c(F)c2)cc(OCC)c1OCC. The molecular formula is C23H30FNO5. The smallest absolute Gasteiger partial charge is 0.254 e. The third-order valence-electron chi connectivity index (χ3n) is 4.41. The van der Waals surface area contributed by atoms with Gasteiger partial charge in [0.1, 0.15) is 0 Å². The maximum absolute atomic E-state index is 14.0. The second-order valence-electron chi connectivity index (χ2n) is 6.39. The van der Waals surface area contributed by atoms with E-state index in [2.05, 4.69) is 0 Å². The molecule has 0 fully saturated rings. The largest absolute Gasteiger partial charge is 0.494 e. The Hall–Kier alpha value is -2.96. The summed E-state index contributed by atoms with van der Waals surface area (Å²) < 4.78 is 36.1. The summed E-state index contributed by atoms with van der Waals surface area (Å²) >= 11 is 0. The van der Waals surface area contributed by atoms with E-state index < -0.39 is 5.82 Å². The highest BCUT2D eigenvalue weighted by atomic mass is 19.1. The summed E-state index contributed by atoms with van der Waals surface area (Å²) in [6.07, 6.45) is 0. The first kappa shape index (κ1) is 23.3. The zero-order chi connectivity index (χ0) is 22.1. The summed E-state index contributed by atoms with van der Waals surface area (Å²) in [6.45, 7) is 9.47. The van der Waals surface area contributed by atoms with Crippen molar-refractivity contribution < 1.29 is 28.1 Å². The molecule has 2 rings (SSSR count). The van der Waals surface area contributed by atoms with Crippen LogP contribution in [0.15, 0.2) is 30.3 Å². The van der Waals surface area contributed by atoms with E-state index in [4.69, 9.17) is 18.9 Å². The summed E-state index contributed by atoms with van der Waals surface area (Å²) in [5, 5.41) is 0. The summed E-state index contributed by atoms with van der Waals surface area (Å²) in [6, 6.07) is 8.00. The molecule has 0 heterocycles. The van der Waals surface area contributed by atoms with Crippen molar-refractivity contribution in [3.05, 3.63) is 47.3 Å². The molecule has 1 amide bonds. The van der Waals surface area contributed by atoms with Crippen LogP contribution in [0.25, 0.3) is 0 Å². The number of methoxy groups -OCH3 is 1. The number of hydrogen-bond donors (Lipinski definition) is 0. The lowest BCUT2D eigenvalue weighted by Gasteiger charge is -2.23. The highest BCUT2D eigenvalue weighted by Crippen LogP contribution is 2.39. The molecule has 2 aromatic carbocycles. The maximum atomic E-state index is 14.0. The Labute approximate surface area is 177 Å². The number of benzene rings is 2. The quantitative estimate of drug-likeness (QED) is 0.529. The number of hydrogen-bond acceptors (Lipinski definition) is 5. The first-order chi connectivity index (χ1) is 14.5. The lowest BCUT2D eigenvalue weighted by molar-refractivity contribution is 0.0751. The van der Waals surface area contributed by atoms with Gasteiger partial charge in [0.05, 0.1) is 26.9 Å². The molecule has 164 valence electrons. The van der Waals surface area contributed by atoms with Gasteiger partial charge in [-0.25, -0.2) is 4.39 Å². The molecule has 0 aliphatic rings. The van der Waals surface area contributed by atoms with E-state index in [0.29, 0.717) is 54.7 Å². The first-order valence-electron chi connectivity index (χ1n) is 10.2. The molecule has 0 aliphatic carbocycles. The molecule has 0 saturated heterocycles. The number of amides is 1. The van der Waals surface area contributed by atoms with Gasteiger partial charge in [-0.05, 0) is 57.5 Å². The number of rotatable bonds is 11. The van der Waals surface area contributed by atoms with Crippen molar-refractivity contribution in [1.82, 2.24) is 4.90 Å². The second kappa shape index (κ2) is 11.3. The van der Waals surface area contributed by atoms with Crippen molar-refractivity contribution in [2.24, 2.45) is 0 Å². The maximum Gasteiger partial charge on any atom is 0.254 e. The minimum Gasteiger partial charge on any atom is -0.494 e. The molecule has 0 atom stereocenters. The Morgan fingerprint density at radius 2 is 1.50 bits per heavy atom. The Morgan fingerprint density at radius 3 is 1.97 bits per heavy atom. The Balaban J connectivity index is 2.37. The number of carbonyl (C=O) groups is 1. The van der Waals surface area contributed by atoms with Crippen LogP contribution >= 0.6 is 0 Å². The van der Waals surface area contributed by atoms with E-state index in [1.165, 1.54) is 13.2 Å². The number of carbonyl (C=O) groups excluding carboxylic acids is 1. The highest BCUT2D eigenvalue weighted by molar-refractivity contribution is 5.95. The fourth-order valence-corrected chi connectivity index (χ4v) is 3.05. The average Bonchev–Trinajstić information content (AvgIpc) is 2.74. The molecule has 30 heavy (non-hydrogen) atoms. The normalized spacial score (nSPS) is 10.5. The topological polar surface area (TPSA) is 57.2 Å². The Kier molecular flexibility index (Phi) is 8.77. The van der Waals surface area contributed by atoms with Crippen molar-refractivity contribution in [1.29, 1.82) is 0 Å². The van der Waals surface area contributed by atoms with Crippen LogP contribution < -0.4 is 18.9 Å². The molecule has 0 radical (unpaired) electrons. The van der Waals surface area contributed by atoms with Crippen molar-refractivity contribution in [2.75, 3.05) is 33.5 Å². The molecule has 0 N–H and O–H groups in total. The molecular weight excluding hydrogens is 389 g/mol. The van der Waals surface area contributed by atoms with Gasteiger partial charge in [0, 0.05) is 18.7 Å². The van der Waals surface area contributed by atoms with Gasteiger partial charge in [-0.15, -0.1) is 0 Å². The van der Waals surface area contributed by atoms with Gasteiger partial charge in [0.15, 0.2) is 23.1 Å². The molecule has 7 heteroatoms. The molecule has 6 nitrogen and oxygen atoms in total. The van der Waals surface area contributed by atoms with Crippen LogP contribution in [0.3, 0.4) is 0 Å². The van der Waals surface area contributed by atoms with E-state index in [9.17, 15) is 9.18 Å². The molecule has 0 saturated carbocycles. The van der Waals surface area contributed by atoms with Gasteiger partial charge in [-0.1, -0.05) is 6.07 Å². The summed E-state index contributed by atoms with van der Waals surface area (Å²) in [7, 11) is 1.41. The fraction of sp³-hybridized carbons (Fsp3) is 0.435. The van der Waals surface area contributed by atoms with Crippen molar-refractivity contribution in [3.8, 4) is 23.0 Å². The minimum atomic E-state index is -0.461. The molecule has 0 unspecified atom stereocenters. The lowest BCUT2D eigenvalue weighted by Crippen LogP contribution is -2.30. The van der Waals surface area contributed by atoms with Crippen LogP contribution in [-0.4, -0.2) is 44.3 Å². The van der Waals surface area contributed by atoms with Crippen molar-refractivity contribution >= 4 is 5.91 Å².